The molecule has 0 fully saturated rings. The van der Waals surface area contributed by atoms with Gasteiger partial charge in [-0.3, -0.25) is 4.79 Å². The van der Waals surface area contributed by atoms with E-state index in [0.29, 0.717) is 6.42 Å². The normalized spacial score (nSPS) is 12.6. The second kappa shape index (κ2) is 4.89. The Bertz CT molecular complexity index is 550. The molecule has 0 aliphatic carbocycles. The number of methoxy groups -OCH3 is 1. The van der Waals surface area contributed by atoms with Gasteiger partial charge < -0.3 is 15.5 Å². The van der Waals surface area contributed by atoms with Gasteiger partial charge >= 0.3 is 5.97 Å². The lowest BCUT2D eigenvalue weighted by Gasteiger charge is -2.08. The highest BCUT2D eigenvalue weighted by atomic mass is 79.9. The molecule has 0 amide bonds. The first-order valence-electron chi connectivity index (χ1n) is 5.21. The molecule has 2 aromatic rings. The number of benzene rings is 1. The van der Waals surface area contributed by atoms with Crippen LogP contribution in [0, 0.1) is 0 Å². The zero-order valence-corrected chi connectivity index (χ0v) is 11.0. The van der Waals surface area contributed by atoms with Crippen LogP contribution in [0.4, 0.5) is 0 Å². The van der Waals surface area contributed by atoms with E-state index in [0.717, 1.165) is 20.9 Å². The highest BCUT2D eigenvalue weighted by Crippen LogP contribution is 2.27. The Balaban J connectivity index is 2.34. The summed E-state index contributed by atoms with van der Waals surface area (Å²) in [7, 11) is 1.34. The fourth-order valence-electron chi connectivity index (χ4n) is 1.84. The van der Waals surface area contributed by atoms with Gasteiger partial charge in [-0.25, -0.2) is 0 Å². The molecule has 4 nitrogen and oxygen atoms in total. The smallest absolute Gasteiger partial charge is 0.322 e. The molecule has 1 atom stereocenters. The van der Waals surface area contributed by atoms with E-state index in [4.69, 9.17) is 5.73 Å². The number of rotatable bonds is 3. The van der Waals surface area contributed by atoms with Gasteiger partial charge in [0, 0.05) is 28.0 Å². The maximum absolute atomic E-state index is 11.3. The van der Waals surface area contributed by atoms with E-state index in [2.05, 4.69) is 25.7 Å². The lowest BCUT2D eigenvalue weighted by Crippen LogP contribution is -2.33. The maximum Gasteiger partial charge on any atom is 0.322 e. The van der Waals surface area contributed by atoms with Crippen molar-refractivity contribution in [2.45, 2.75) is 12.5 Å². The number of aromatic amines is 1. The number of nitrogens with one attached hydrogen (secondary N) is 1. The molecule has 0 saturated heterocycles. The van der Waals surface area contributed by atoms with Crippen LogP contribution in [0.5, 0.6) is 0 Å². The SMILES string of the molecule is COC(=O)[C@H](N)Cc1c[nH]c2cccc(Br)c12. The second-order valence-corrected chi connectivity index (χ2v) is 4.66. The van der Waals surface area contributed by atoms with E-state index < -0.39 is 12.0 Å². The molecule has 0 unspecified atom stereocenters. The number of carbonyl (C=O) groups excluding carboxylic acids is 1. The van der Waals surface area contributed by atoms with Crippen LogP contribution in [0.3, 0.4) is 0 Å². The van der Waals surface area contributed by atoms with Crippen molar-refractivity contribution in [1.82, 2.24) is 4.98 Å². The summed E-state index contributed by atoms with van der Waals surface area (Å²) in [6.45, 7) is 0. The van der Waals surface area contributed by atoms with Crippen molar-refractivity contribution in [3.8, 4) is 0 Å². The van der Waals surface area contributed by atoms with E-state index in [9.17, 15) is 4.79 Å². The van der Waals surface area contributed by atoms with Crippen LogP contribution in [-0.2, 0) is 16.0 Å². The van der Waals surface area contributed by atoms with Gasteiger partial charge in [-0.2, -0.15) is 0 Å². The van der Waals surface area contributed by atoms with Crippen molar-refractivity contribution in [1.29, 1.82) is 0 Å². The Morgan fingerprint density at radius 3 is 3.06 bits per heavy atom. The number of hydrogen-bond donors (Lipinski definition) is 2. The number of aromatic nitrogens is 1. The van der Waals surface area contributed by atoms with Gasteiger partial charge in [0.2, 0.25) is 0 Å². The van der Waals surface area contributed by atoms with Crippen molar-refractivity contribution in [3.05, 3.63) is 34.4 Å². The Hall–Kier alpha value is -1.33. The van der Waals surface area contributed by atoms with Crippen LogP contribution >= 0.6 is 15.9 Å². The van der Waals surface area contributed by atoms with E-state index in [1.165, 1.54) is 7.11 Å². The summed E-state index contributed by atoms with van der Waals surface area (Å²) in [5, 5.41) is 1.06. The Labute approximate surface area is 107 Å². The molecule has 1 aromatic heterocycles. The number of ether oxygens (including phenoxy) is 1. The number of halogens is 1. The zero-order chi connectivity index (χ0) is 12.4. The number of hydrogen-bond acceptors (Lipinski definition) is 3. The largest absolute Gasteiger partial charge is 0.468 e. The number of carbonyl (C=O) groups is 1. The first-order chi connectivity index (χ1) is 8.13. The molecule has 1 heterocycles. The molecule has 3 N–H and O–H groups in total. The van der Waals surface area contributed by atoms with Crippen molar-refractivity contribution in [2.24, 2.45) is 5.73 Å². The summed E-state index contributed by atoms with van der Waals surface area (Å²) in [4.78, 5) is 14.4. The minimum atomic E-state index is -0.633. The molecule has 1 aromatic carbocycles. The van der Waals surface area contributed by atoms with Crippen LogP contribution in [-0.4, -0.2) is 24.1 Å². The van der Waals surface area contributed by atoms with Crippen LogP contribution in [0.2, 0.25) is 0 Å². The quantitative estimate of drug-likeness (QED) is 0.851. The van der Waals surface area contributed by atoms with Crippen molar-refractivity contribution in [2.75, 3.05) is 7.11 Å². The third-order valence-corrected chi connectivity index (χ3v) is 3.34. The van der Waals surface area contributed by atoms with E-state index in [1.807, 2.05) is 24.4 Å². The van der Waals surface area contributed by atoms with Gasteiger partial charge in [0.25, 0.3) is 0 Å². The molecular weight excluding hydrogens is 284 g/mol. The van der Waals surface area contributed by atoms with Crippen LogP contribution in [0.1, 0.15) is 5.56 Å². The molecule has 5 heteroatoms. The number of fused-ring (bicyclic) bond motifs is 1. The fraction of sp³-hybridized carbons (Fsp3) is 0.250. The number of esters is 1. The van der Waals surface area contributed by atoms with Gasteiger partial charge in [0.1, 0.15) is 6.04 Å². The minimum absolute atomic E-state index is 0.397. The Kier molecular flexibility index (Phi) is 3.49. The summed E-state index contributed by atoms with van der Waals surface area (Å²) in [6.07, 6.45) is 2.33. The Morgan fingerprint density at radius 2 is 2.35 bits per heavy atom. The maximum atomic E-state index is 11.3. The standard InChI is InChI=1S/C12H13BrN2O2/c1-17-12(16)9(14)5-7-6-15-10-4-2-3-8(13)11(7)10/h2-4,6,9,15H,5,14H2,1H3/t9-/m1/s1. The highest BCUT2D eigenvalue weighted by Gasteiger charge is 2.17. The highest BCUT2D eigenvalue weighted by molar-refractivity contribution is 9.10. The topological polar surface area (TPSA) is 68.1 Å². The van der Waals surface area contributed by atoms with Crippen LogP contribution in [0.15, 0.2) is 28.9 Å². The molecule has 0 saturated carbocycles. The molecule has 90 valence electrons. The van der Waals surface area contributed by atoms with Gasteiger partial charge in [0.15, 0.2) is 0 Å². The second-order valence-electron chi connectivity index (χ2n) is 3.81. The monoisotopic (exact) mass is 296 g/mol. The summed E-state index contributed by atoms with van der Waals surface area (Å²) in [6, 6.07) is 5.26. The van der Waals surface area contributed by atoms with Crippen LogP contribution in [0.25, 0.3) is 10.9 Å². The molecule has 0 spiro atoms. The summed E-state index contributed by atoms with van der Waals surface area (Å²) in [5.74, 6) is -0.397. The molecule has 0 aliphatic rings. The van der Waals surface area contributed by atoms with Gasteiger partial charge in [-0.05, 0) is 17.7 Å². The molecule has 17 heavy (non-hydrogen) atoms. The fourth-order valence-corrected chi connectivity index (χ4v) is 2.46. The van der Waals surface area contributed by atoms with Crippen molar-refractivity contribution >= 4 is 32.8 Å². The van der Waals surface area contributed by atoms with Gasteiger partial charge in [-0.15, -0.1) is 0 Å². The van der Waals surface area contributed by atoms with Crippen LogP contribution < -0.4 is 5.73 Å². The first kappa shape index (κ1) is 12.1. The lowest BCUT2D eigenvalue weighted by molar-refractivity contribution is -0.142. The minimum Gasteiger partial charge on any atom is -0.468 e. The average molecular weight is 297 g/mol. The molecule has 0 bridgehead atoms. The van der Waals surface area contributed by atoms with Crippen molar-refractivity contribution < 1.29 is 9.53 Å². The van der Waals surface area contributed by atoms with E-state index in [-0.39, 0.29) is 0 Å². The number of H-pyrrole nitrogens is 1. The van der Waals surface area contributed by atoms with Gasteiger partial charge in [-0.1, -0.05) is 22.0 Å². The van der Waals surface area contributed by atoms with E-state index in [1.54, 1.807) is 0 Å². The summed E-state index contributed by atoms with van der Waals surface area (Å²) in [5.41, 5.74) is 7.78. The molecule has 0 aliphatic heterocycles. The van der Waals surface area contributed by atoms with Gasteiger partial charge in [0.05, 0.1) is 7.11 Å². The average Bonchev–Trinajstić information content (AvgIpc) is 2.72. The predicted molar refractivity (Wildman–Crippen MR) is 69.7 cm³/mol. The third-order valence-electron chi connectivity index (χ3n) is 2.68. The molecule has 2 rings (SSSR count). The predicted octanol–water partition coefficient (Wildman–Crippen LogP) is 1.97. The third kappa shape index (κ3) is 2.35. The molecule has 0 radical (unpaired) electrons. The van der Waals surface area contributed by atoms with Crippen molar-refractivity contribution in [3.63, 3.8) is 0 Å². The summed E-state index contributed by atoms with van der Waals surface area (Å²) < 4.78 is 5.61. The Morgan fingerprint density at radius 1 is 1.59 bits per heavy atom. The summed E-state index contributed by atoms with van der Waals surface area (Å²) >= 11 is 3.49. The number of nitrogens with two attached hydrogens (primary N) is 1. The lowest BCUT2D eigenvalue weighted by atomic mass is 10.1. The zero-order valence-electron chi connectivity index (χ0n) is 9.37. The van der Waals surface area contributed by atoms with E-state index >= 15 is 0 Å². The first-order valence-corrected chi connectivity index (χ1v) is 6.00. The molecular formula is C12H13BrN2O2.